The van der Waals surface area contributed by atoms with E-state index in [0.29, 0.717) is 10.8 Å². The topological polar surface area (TPSA) is 96.0 Å². The van der Waals surface area contributed by atoms with Crippen molar-refractivity contribution in [2.24, 2.45) is 0 Å². The lowest BCUT2D eigenvalue weighted by Crippen LogP contribution is -2.52. The lowest BCUT2D eigenvalue weighted by Gasteiger charge is -2.32. The van der Waals surface area contributed by atoms with E-state index in [0.717, 1.165) is 15.4 Å². The highest BCUT2D eigenvalue weighted by Crippen LogP contribution is 2.27. The Kier molecular flexibility index (Phi) is 9.99. The molecular weight excluding hydrogens is 538 g/mol. The second-order valence-electron chi connectivity index (χ2n) is 9.51. The SMILES string of the molecule is COc1ccc(S(=O)(=O)N(CC(=O)N(Cc2ccc(C)cc2)[C@@H](C)C(=O)NC(C)C)c2ccc(Cl)cc2)cc1. The Labute approximate surface area is 235 Å². The molecule has 10 heteroatoms. The number of hydrogen-bond donors (Lipinski definition) is 1. The summed E-state index contributed by atoms with van der Waals surface area (Å²) in [5, 5.41) is 3.26. The maximum absolute atomic E-state index is 13.9. The van der Waals surface area contributed by atoms with Crippen molar-refractivity contribution >= 4 is 39.1 Å². The maximum atomic E-state index is 13.9. The van der Waals surface area contributed by atoms with Gasteiger partial charge in [-0.05, 0) is 81.8 Å². The fourth-order valence-corrected chi connectivity index (χ4v) is 5.43. The molecule has 3 aromatic rings. The maximum Gasteiger partial charge on any atom is 0.264 e. The molecule has 1 N–H and O–H groups in total. The van der Waals surface area contributed by atoms with Gasteiger partial charge >= 0.3 is 0 Å². The molecule has 0 aromatic heterocycles. The van der Waals surface area contributed by atoms with Crippen LogP contribution in [-0.2, 0) is 26.2 Å². The molecule has 0 saturated carbocycles. The first-order valence-electron chi connectivity index (χ1n) is 12.5. The standard InChI is InChI=1S/C29H34ClN3O5S/c1-20(2)31-29(35)22(4)32(18-23-8-6-21(3)7-9-23)28(34)19-33(25-12-10-24(30)11-13-25)39(36,37)27-16-14-26(38-5)15-17-27/h6-17,20,22H,18-19H2,1-5H3,(H,31,35)/t22-/m0/s1. The molecule has 0 bridgehead atoms. The van der Waals surface area contributed by atoms with Crippen molar-refractivity contribution in [1.29, 1.82) is 0 Å². The van der Waals surface area contributed by atoms with Gasteiger partial charge in [0, 0.05) is 17.6 Å². The predicted octanol–water partition coefficient (Wildman–Crippen LogP) is 4.79. The molecule has 0 fully saturated rings. The average molecular weight is 572 g/mol. The number of carbonyl (C=O) groups excluding carboxylic acids is 2. The van der Waals surface area contributed by atoms with E-state index in [-0.39, 0.29) is 29.1 Å². The second kappa shape index (κ2) is 13.0. The molecule has 3 aromatic carbocycles. The molecule has 208 valence electrons. The first kappa shape index (κ1) is 30.0. The molecule has 0 saturated heterocycles. The quantitative estimate of drug-likeness (QED) is 0.357. The van der Waals surface area contributed by atoms with Crippen molar-refractivity contribution in [3.05, 3.63) is 88.9 Å². The van der Waals surface area contributed by atoms with Gasteiger partial charge in [0.1, 0.15) is 18.3 Å². The lowest BCUT2D eigenvalue weighted by atomic mass is 10.1. The van der Waals surface area contributed by atoms with Gasteiger partial charge in [0.15, 0.2) is 0 Å². The molecule has 1 atom stereocenters. The van der Waals surface area contributed by atoms with Crippen molar-refractivity contribution in [3.8, 4) is 5.75 Å². The number of anilines is 1. The lowest BCUT2D eigenvalue weighted by molar-refractivity contribution is -0.139. The Morgan fingerprint density at radius 3 is 2.05 bits per heavy atom. The van der Waals surface area contributed by atoms with E-state index >= 15 is 0 Å². The number of ether oxygens (including phenoxy) is 1. The van der Waals surface area contributed by atoms with Crippen molar-refractivity contribution < 1.29 is 22.7 Å². The Morgan fingerprint density at radius 2 is 1.51 bits per heavy atom. The zero-order chi connectivity index (χ0) is 28.7. The van der Waals surface area contributed by atoms with Crippen LogP contribution >= 0.6 is 11.6 Å². The van der Waals surface area contributed by atoms with Crippen LogP contribution in [-0.4, -0.2) is 50.9 Å². The summed E-state index contributed by atoms with van der Waals surface area (Å²) in [6.45, 7) is 6.86. The first-order valence-corrected chi connectivity index (χ1v) is 14.3. The minimum absolute atomic E-state index is 0.0123. The van der Waals surface area contributed by atoms with Crippen molar-refractivity contribution in [2.45, 2.75) is 51.2 Å². The Morgan fingerprint density at radius 1 is 0.923 bits per heavy atom. The van der Waals surface area contributed by atoms with Gasteiger partial charge in [-0.2, -0.15) is 0 Å². The normalized spacial score (nSPS) is 12.1. The monoisotopic (exact) mass is 571 g/mol. The molecule has 0 aliphatic carbocycles. The summed E-state index contributed by atoms with van der Waals surface area (Å²) in [7, 11) is -2.69. The molecule has 2 amide bonds. The van der Waals surface area contributed by atoms with Crippen molar-refractivity contribution in [1.82, 2.24) is 10.2 Å². The first-order chi connectivity index (χ1) is 18.4. The van der Waals surface area contributed by atoms with Crippen LogP contribution in [0.3, 0.4) is 0 Å². The molecule has 0 spiro atoms. The Balaban J connectivity index is 2.02. The average Bonchev–Trinajstić information content (AvgIpc) is 2.91. The van der Waals surface area contributed by atoms with E-state index < -0.39 is 28.5 Å². The van der Waals surface area contributed by atoms with Crippen molar-refractivity contribution in [2.75, 3.05) is 18.0 Å². The highest BCUT2D eigenvalue weighted by Gasteiger charge is 2.32. The molecule has 0 aliphatic heterocycles. The van der Waals surface area contributed by atoms with Gasteiger partial charge in [-0.1, -0.05) is 41.4 Å². The fourth-order valence-electron chi connectivity index (χ4n) is 3.89. The zero-order valence-electron chi connectivity index (χ0n) is 22.7. The number of nitrogens with one attached hydrogen (secondary N) is 1. The van der Waals surface area contributed by atoms with Crippen LogP contribution in [0, 0.1) is 6.92 Å². The van der Waals surface area contributed by atoms with Gasteiger partial charge in [0.25, 0.3) is 10.0 Å². The highest BCUT2D eigenvalue weighted by molar-refractivity contribution is 7.92. The number of rotatable bonds is 11. The van der Waals surface area contributed by atoms with Crippen LogP contribution in [0.25, 0.3) is 0 Å². The minimum Gasteiger partial charge on any atom is -0.497 e. The van der Waals surface area contributed by atoms with E-state index in [2.05, 4.69) is 5.32 Å². The molecule has 0 heterocycles. The minimum atomic E-state index is -4.18. The Hall–Kier alpha value is -3.56. The van der Waals surface area contributed by atoms with E-state index in [1.165, 1.54) is 48.4 Å². The summed E-state index contributed by atoms with van der Waals surface area (Å²) >= 11 is 6.05. The molecule has 0 aliphatic rings. The van der Waals surface area contributed by atoms with Crippen LogP contribution in [0.15, 0.2) is 77.7 Å². The van der Waals surface area contributed by atoms with E-state index in [1.54, 1.807) is 19.1 Å². The number of halogens is 1. The summed E-state index contributed by atoms with van der Waals surface area (Å²) in [5.41, 5.74) is 2.13. The highest BCUT2D eigenvalue weighted by atomic mass is 35.5. The summed E-state index contributed by atoms with van der Waals surface area (Å²) in [4.78, 5) is 28.2. The van der Waals surface area contributed by atoms with E-state index in [4.69, 9.17) is 16.3 Å². The number of carbonyl (C=O) groups is 2. The molecule has 0 unspecified atom stereocenters. The van der Waals surface area contributed by atoms with Crippen LogP contribution in [0.2, 0.25) is 5.02 Å². The van der Waals surface area contributed by atoms with E-state index in [9.17, 15) is 18.0 Å². The van der Waals surface area contributed by atoms with Gasteiger partial charge in [-0.25, -0.2) is 8.42 Å². The number of hydrogen-bond acceptors (Lipinski definition) is 5. The largest absolute Gasteiger partial charge is 0.497 e. The van der Waals surface area contributed by atoms with Crippen LogP contribution in [0.1, 0.15) is 31.9 Å². The third kappa shape index (κ3) is 7.74. The third-order valence-corrected chi connectivity index (χ3v) is 8.15. The predicted molar refractivity (Wildman–Crippen MR) is 153 cm³/mol. The van der Waals surface area contributed by atoms with Crippen LogP contribution in [0.5, 0.6) is 5.75 Å². The molecular formula is C29H34ClN3O5S. The molecule has 39 heavy (non-hydrogen) atoms. The van der Waals surface area contributed by atoms with Gasteiger partial charge in [0.2, 0.25) is 11.8 Å². The molecule has 0 radical (unpaired) electrons. The molecule has 8 nitrogen and oxygen atoms in total. The number of nitrogens with zero attached hydrogens (tertiary/aromatic N) is 2. The molecule has 3 rings (SSSR count). The van der Waals surface area contributed by atoms with Crippen molar-refractivity contribution in [3.63, 3.8) is 0 Å². The van der Waals surface area contributed by atoms with Gasteiger partial charge in [-0.3, -0.25) is 13.9 Å². The number of methoxy groups -OCH3 is 1. The zero-order valence-corrected chi connectivity index (χ0v) is 24.3. The third-order valence-electron chi connectivity index (χ3n) is 6.11. The Bertz CT molecular complexity index is 1380. The van der Waals surface area contributed by atoms with Crippen LogP contribution in [0.4, 0.5) is 5.69 Å². The second-order valence-corrected chi connectivity index (χ2v) is 11.8. The smallest absolute Gasteiger partial charge is 0.264 e. The summed E-state index contributed by atoms with van der Waals surface area (Å²) in [6.07, 6.45) is 0. The number of amides is 2. The summed E-state index contributed by atoms with van der Waals surface area (Å²) in [6, 6.07) is 18.7. The number of sulfonamides is 1. The number of benzene rings is 3. The van der Waals surface area contributed by atoms with Gasteiger partial charge < -0.3 is 15.0 Å². The van der Waals surface area contributed by atoms with Gasteiger partial charge in [-0.15, -0.1) is 0 Å². The van der Waals surface area contributed by atoms with E-state index in [1.807, 2.05) is 45.0 Å². The van der Waals surface area contributed by atoms with Gasteiger partial charge in [0.05, 0.1) is 17.7 Å². The van der Waals surface area contributed by atoms with Crippen LogP contribution < -0.4 is 14.4 Å². The summed E-state index contributed by atoms with van der Waals surface area (Å²) < 4.78 is 33.8. The fraction of sp³-hybridized carbons (Fsp3) is 0.310. The number of aryl methyl sites for hydroxylation is 1. The summed E-state index contributed by atoms with van der Waals surface area (Å²) in [5.74, 6) is -0.368.